The highest BCUT2D eigenvalue weighted by molar-refractivity contribution is 6.34. The lowest BCUT2D eigenvalue weighted by Crippen LogP contribution is -2.41. The minimum atomic E-state index is -1.30. The van der Waals surface area contributed by atoms with E-state index in [0.717, 1.165) is 6.07 Å². The Labute approximate surface area is 124 Å². The lowest BCUT2D eigenvalue weighted by molar-refractivity contribution is -0.140. The van der Waals surface area contributed by atoms with Crippen molar-refractivity contribution in [3.8, 4) is 0 Å². The van der Waals surface area contributed by atoms with E-state index in [1.807, 2.05) is 0 Å². The van der Waals surface area contributed by atoms with Crippen LogP contribution in [0, 0.1) is 5.82 Å². The average Bonchev–Trinajstić information content (AvgIpc) is 2.40. The summed E-state index contributed by atoms with van der Waals surface area (Å²) in [6.45, 7) is 0. The molecule has 0 radical (unpaired) electrons. The molecule has 0 aliphatic carbocycles. The highest BCUT2D eigenvalue weighted by atomic mass is 35.5. The summed E-state index contributed by atoms with van der Waals surface area (Å²) in [7, 11) is 0. The van der Waals surface area contributed by atoms with Crippen molar-refractivity contribution in [3.63, 3.8) is 0 Å². The largest absolute Gasteiger partial charge is 0.481 e. The SMILES string of the molecule is O=C(O)CCC[C@@H](NC(=O)c1cccc(F)c1Cl)C(=O)O. The minimum Gasteiger partial charge on any atom is -0.481 e. The van der Waals surface area contributed by atoms with Crippen LogP contribution in [0.3, 0.4) is 0 Å². The molecule has 1 aromatic carbocycles. The maximum atomic E-state index is 13.2. The summed E-state index contributed by atoms with van der Waals surface area (Å²) in [6, 6.07) is 2.34. The Bertz CT molecular complexity index is 563. The van der Waals surface area contributed by atoms with Gasteiger partial charge in [-0.3, -0.25) is 9.59 Å². The van der Waals surface area contributed by atoms with Gasteiger partial charge in [-0.15, -0.1) is 0 Å². The number of carboxylic acid groups (broad SMARTS) is 2. The summed E-state index contributed by atoms with van der Waals surface area (Å²) in [4.78, 5) is 33.3. The number of benzene rings is 1. The Kier molecular flexibility index (Phi) is 6.10. The second-order valence-corrected chi connectivity index (χ2v) is 4.63. The maximum Gasteiger partial charge on any atom is 0.326 e. The molecule has 0 aromatic heterocycles. The Hall–Kier alpha value is -2.15. The Morgan fingerprint density at radius 2 is 1.95 bits per heavy atom. The zero-order chi connectivity index (χ0) is 16.0. The van der Waals surface area contributed by atoms with Crippen molar-refractivity contribution in [2.24, 2.45) is 0 Å². The molecular formula is C13H13ClFNO5. The molecule has 0 unspecified atom stereocenters. The number of carboxylic acids is 2. The van der Waals surface area contributed by atoms with Crippen molar-refractivity contribution < 1.29 is 29.0 Å². The normalized spacial score (nSPS) is 11.7. The Morgan fingerprint density at radius 3 is 2.52 bits per heavy atom. The number of hydrogen-bond donors (Lipinski definition) is 3. The predicted octanol–water partition coefficient (Wildman–Crippen LogP) is 1.92. The van der Waals surface area contributed by atoms with Gasteiger partial charge in [-0.1, -0.05) is 17.7 Å². The van der Waals surface area contributed by atoms with Crippen LogP contribution in [0.2, 0.25) is 5.02 Å². The molecule has 1 atom stereocenters. The molecule has 0 heterocycles. The van der Waals surface area contributed by atoms with Gasteiger partial charge in [-0.2, -0.15) is 0 Å². The van der Waals surface area contributed by atoms with Crippen molar-refractivity contribution in [3.05, 3.63) is 34.6 Å². The first-order chi connectivity index (χ1) is 9.82. The van der Waals surface area contributed by atoms with Crippen molar-refractivity contribution in [2.45, 2.75) is 25.3 Å². The standard InChI is InChI=1S/C13H13ClFNO5/c14-11-7(3-1-4-8(11)15)12(19)16-9(13(20)21)5-2-6-10(17)18/h1,3-4,9H,2,5-6H2,(H,16,19)(H,17,18)(H,20,21)/t9-/m1/s1. The van der Waals surface area contributed by atoms with Crippen LogP contribution in [0.5, 0.6) is 0 Å². The molecule has 6 nitrogen and oxygen atoms in total. The molecule has 0 saturated carbocycles. The fourth-order valence-corrected chi connectivity index (χ4v) is 1.84. The van der Waals surface area contributed by atoms with E-state index in [4.69, 9.17) is 21.8 Å². The average molecular weight is 318 g/mol. The van der Waals surface area contributed by atoms with E-state index >= 15 is 0 Å². The van der Waals surface area contributed by atoms with Gasteiger partial charge in [0.15, 0.2) is 0 Å². The lowest BCUT2D eigenvalue weighted by Gasteiger charge is -2.14. The molecule has 1 rings (SSSR count). The van der Waals surface area contributed by atoms with E-state index in [9.17, 15) is 18.8 Å². The van der Waals surface area contributed by atoms with E-state index in [0.29, 0.717) is 0 Å². The molecular weight excluding hydrogens is 305 g/mol. The molecule has 1 amide bonds. The molecule has 3 N–H and O–H groups in total. The quantitative estimate of drug-likeness (QED) is 0.712. The fourth-order valence-electron chi connectivity index (χ4n) is 1.63. The van der Waals surface area contributed by atoms with Crippen LogP contribution < -0.4 is 5.32 Å². The highest BCUT2D eigenvalue weighted by Crippen LogP contribution is 2.19. The van der Waals surface area contributed by atoms with Crippen LogP contribution in [0.4, 0.5) is 4.39 Å². The number of amides is 1. The van der Waals surface area contributed by atoms with E-state index < -0.39 is 34.7 Å². The number of carbonyl (C=O) groups is 3. The van der Waals surface area contributed by atoms with Gasteiger partial charge in [0, 0.05) is 6.42 Å². The van der Waals surface area contributed by atoms with Crippen molar-refractivity contribution >= 4 is 29.4 Å². The van der Waals surface area contributed by atoms with Crippen LogP contribution >= 0.6 is 11.6 Å². The summed E-state index contributed by atoms with van der Waals surface area (Å²) >= 11 is 5.64. The number of nitrogens with one attached hydrogen (secondary N) is 1. The van der Waals surface area contributed by atoms with E-state index in [-0.39, 0.29) is 24.8 Å². The molecule has 0 spiro atoms. The molecule has 0 saturated heterocycles. The zero-order valence-corrected chi connectivity index (χ0v) is 11.6. The first-order valence-electron chi connectivity index (χ1n) is 6.02. The molecule has 8 heteroatoms. The third-order valence-corrected chi connectivity index (χ3v) is 3.07. The zero-order valence-electron chi connectivity index (χ0n) is 10.8. The molecule has 114 valence electrons. The van der Waals surface area contributed by atoms with Gasteiger partial charge in [-0.25, -0.2) is 9.18 Å². The second-order valence-electron chi connectivity index (χ2n) is 4.25. The van der Waals surface area contributed by atoms with Crippen LogP contribution in [0.15, 0.2) is 18.2 Å². The first kappa shape index (κ1) is 16.9. The van der Waals surface area contributed by atoms with Crippen LogP contribution in [0.1, 0.15) is 29.6 Å². The van der Waals surface area contributed by atoms with Crippen LogP contribution in [-0.2, 0) is 9.59 Å². The van der Waals surface area contributed by atoms with Gasteiger partial charge in [0.05, 0.1) is 10.6 Å². The third kappa shape index (κ3) is 5.03. The van der Waals surface area contributed by atoms with Crippen molar-refractivity contribution in [1.82, 2.24) is 5.32 Å². The summed E-state index contributed by atoms with van der Waals surface area (Å²) in [5, 5.41) is 19.3. The van der Waals surface area contributed by atoms with E-state index in [1.54, 1.807) is 0 Å². The fraction of sp³-hybridized carbons (Fsp3) is 0.308. The van der Waals surface area contributed by atoms with Crippen LogP contribution in [-0.4, -0.2) is 34.1 Å². The van der Waals surface area contributed by atoms with Gasteiger partial charge >= 0.3 is 11.9 Å². The van der Waals surface area contributed by atoms with Gasteiger partial charge in [0.25, 0.3) is 5.91 Å². The molecule has 0 aliphatic heterocycles. The van der Waals surface area contributed by atoms with E-state index in [2.05, 4.69) is 5.32 Å². The maximum absolute atomic E-state index is 13.2. The van der Waals surface area contributed by atoms with Gasteiger partial charge in [0.1, 0.15) is 11.9 Å². The van der Waals surface area contributed by atoms with E-state index in [1.165, 1.54) is 12.1 Å². The lowest BCUT2D eigenvalue weighted by atomic mass is 10.1. The number of halogens is 2. The Morgan fingerprint density at radius 1 is 1.29 bits per heavy atom. The predicted molar refractivity (Wildman–Crippen MR) is 71.8 cm³/mol. The molecule has 0 bridgehead atoms. The van der Waals surface area contributed by atoms with Crippen molar-refractivity contribution in [1.29, 1.82) is 0 Å². The summed E-state index contributed by atoms with van der Waals surface area (Å²) in [6.07, 6.45) is -0.176. The summed E-state index contributed by atoms with van der Waals surface area (Å²) in [5.41, 5.74) is -0.179. The topological polar surface area (TPSA) is 104 Å². The van der Waals surface area contributed by atoms with Crippen molar-refractivity contribution in [2.75, 3.05) is 0 Å². The van der Waals surface area contributed by atoms with Gasteiger partial charge < -0.3 is 15.5 Å². The first-order valence-corrected chi connectivity index (χ1v) is 6.40. The monoisotopic (exact) mass is 317 g/mol. The Balaban J connectivity index is 2.74. The van der Waals surface area contributed by atoms with Gasteiger partial charge in [0.2, 0.25) is 0 Å². The molecule has 0 fully saturated rings. The number of carbonyl (C=O) groups excluding carboxylic acids is 1. The summed E-state index contributed by atoms with van der Waals surface area (Å²) < 4.78 is 13.2. The smallest absolute Gasteiger partial charge is 0.326 e. The van der Waals surface area contributed by atoms with Gasteiger partial charge in [-0.05, 0) is 25.0 Å². The minimum absolute atomic E-state index is 0.0552. The third-order valence-electron chi connectivity index (χ3n) is 2.68. The molecule has 21 heavy (non-hydrogen) atoms. The number of aliphatic carboxylic acids is 2. The highest BCUT2D eigenvalue weighted by Gasteiger charge is 2.22. The molecule has 0 aliphatic rings. The second kappa shape index (κ2) is 7.58. The van der Waals surface area contributed by atoms with Crippen LogP contribution in [0.25, 0.3) is 0 Å². The molecule has 1 aromatic rings. The number of hydrogen-bond acceptors (Lipinski definition) is 3. The summed E-state index contributed by atoms with van der Waals surface area (Å²) in [5.74, 6) is -3.98. The number of rotatable bonds is 7.